The van der Waals surface area contributed by atoms with Crippen LogP contribution in [-0.2, 0) is 0 Å². The van der Waals surface area contributed by atoms with Gasteiger partial charge in [0.2, 0.25) is 0 Å². The normalized spacial score (nSPS) is 10.9. The monoisotopic (exact) mass is 236 g/mol. The highest BCUT2D eigenvalue weighted by molar-refractivity contribution is 6.29. The van der Waals surface area contributed by atoms with Gasteiger partial charge < -0.3 is 4.42 Å². The van der Waals surface area contributed by atoms with Crippen molar-refractivity contribution >= 4 is 23.6 Å². The minimum atomic E-state index is 0.378. The summed E-state index contributed by atoms with van der Waals surface area (Å²) in [6, 6.07) is 5.17. The molecule has 0 aliphatic carbocycles. The van der Waals surface area contributed by atoms with Crippen molar-refractivity contribution < 1.29 is 4.42 Å². The maximum atomic E-state index is 5.77. The molecule has 0 saturated carbocycles. The highest BCUT2D eigenvalue weighted by atomic mass is 35.5. The van der Waals surface area contributed by atoms with Crippen LogP contribution in [0.25, 0.3) is 0 Å². The van der Waals surface area contributed by atoms with E-state index in [1.54, 1.807) is 37.6 Å². The second-order valence-electron chi connectivity index (χ2n) is 3.01. The molecule has 2 aromatic rings. The number of hydrazone groups is 1. The minimum Gasteiger partial charge on any atom is -0.463 e. The Bertz CT molecular complexity index is 475. The van der Waals surface area contributed by atoms with Gasteiger partial charge in [0.25, 0.3) is 0 Å². The number of anilines is 1. The Balaban J connectivity index is 2.04. The molecule has 0 amide bonds. The smallest absolute Gasteiger partial charge is 0.151 e. The molecule has 2 aromatic heterocycles. The predicted molar refractivity (Wildman–Crippen MR) is 61.7 cm³/mol. The van der Waals surface area contributed by atoms with E-state index < -0.39 is 0 Å². The predicted octanol–water partition coefficient (Wildman–Crippen LogP) is 2.48. The molecule has 5 nitrogen and oxygen atoms in total. The summed E-state index contributed by atoms with van der Waals surface area (Å²) in [5.74, 6) is 1.79. The minimum absolute atomic E-state index is 0.378. The van der Waals surface area contributed by atoms with Crippen LogP contribution in [0.3, 0.4) is 0 Å². The van der Waals surface area contributed by atoms with Gasteiger partial charge in [-0.1, -0.05) is 11.6 Å². The van der Waals surface area contributed by atoms with Crippen molar-refractivity contribution in [3.05, 3.63) is 41.2 Å². The number of hydrogen-bond acceptors (Lipinski definition) is 5. The number of furan rings is 1. The third-order valence-corrected chi connectivity index (χ3v) is 1.91. The number of rotatable bonds is 3. The van der Waals surface area contributed by atoms with Crippen LogP contribution < -0.4 is 5.43 Å². The molecule has 0 saturated heterocycles. The lowest BCUT2D eigenvalue weighted by atomic mass is 10.5. The molecule has 0 spiro atoms. The quantitative estimate of drug-likeness (QED) is 0.505. The Kier molecular flexibility index (Phi) is 3.16. The number of hydrogen-bond donors (Lipinski definition) is 1. The van der Waals surface area contributed by atoms with Gasteiger partial charge in [0.1, 0.15) is 16.7 Å². The summed E-state index contributed by atoms with van der Waals surface area (Å²) in [5, 5.41) is 4.33. The second kappa shape index (κ2) is 4.76. The van der Waals surface area contributed by atoms with Gasteiger partial charge in [0.15, 0.2) is 5.82 Å². The van der Waals surface area contributed by atoms with Crippen molar-refractivity contribution in [2.75, 3.05) is 5.43 Å². The number of halogens is 1. The molecule has 0 atom stereocenters. The van der Waals surface area contributed by atoms with Crippen LogP contribution >= 0.6 is 11.6 Å². The van der Waals surface area contributed by atoms with Crippen molar-refractivity contribution in [1.29, 1.82) is 0 Å². The summed E-state index contributed by atoms with van der Waals surface area (Å²) in [6.07, 6.45) is 3.12. The Hall–Kier alpha value is -1.88. The van der Waals surface area contributed by atoms with Gasteiger partial charge in [-0.3, -0.25) is 5.43 Å². The lowest BCUT2D eigenvalue weighted by Crippen LogP contribution is -1.96. The fraction of sp³-hybridized carbons (Fsp3) is 0.100. The summed E-state index contributed by atoms with van der Waals surface area (Å²) in [6.45, 7) is 1.76. The second-order valence-corrected chi connectivity index (χ2v) is 3.40. The van der Waals surface area contributed by atoms with Crippen LogP contribution in [0, 0.1) is 6.92 Å². The molecule has 82 valence electrons. The van der Waals surface area contributed by atoms with Gasteiger partial charge in [-0.2, -0.15) is 5.10 Å². The van der Waals surface area contributed by atoms with Crippen LogP contribution in [0.15, 0.2) is 34.0 Å². The van der Waals surface area contributed by atoms with E-state index in [-0.39, 0.29) is 0 Å². The van der Waals surface area contributed by atoms with E-state index in [0.717, 1.165) is 0 Å². The molecule has 0 fully saturated rings. The molecule has 0 aromatic carbocycles. The number of aryl methyl sites for hydroxylation is 1. The standard InChI is InChI=1S/C10H9ClN4O/c1-7-13-9(11)5-10(14-7)15-12-6-8-3-2-4-16-8/h2-6H,1H3,(H,13,14,15)/b12-6-. The molecule has 2 rings (SSSR count). The van der Waals surface area contributed by atoms with Gasteiger partial charge >= 0.3 is 0 Å². The Morgan fingerprint density at radius 1 is 1.50 bits per heavy atom. The molecule has 0 unspecified atom stereocenters. The molecule has 0 radical (unpaired) electrons. The molecule has 0 bridgehead atoms. The molecule has 16 heavy (non-hydrogen) atoms. The van der Waals surface area contributed by atoms with Crippen molar-refractivity contribution in [3.8, 4) is 0 Å². The summed E-state index contributed by atoms with van der Waals surface area (Å²) in [5.41, 5.74) is 2.74. The lowest BCUT2D eigenvalue weighted by molar-refractivity contribution is 0.560. The van der Waals surface area contributed by atoms with E-state index in [2.05, 4.69) is 20.5 Å². The summed E-state index contributed by atoms with van der Waals surface area (Å²) in [4.78, 5) is 8.04. The Labute approximate surface area is 97.2 Å². The highest BCUT2D eigenvalue weighted by Crippen LogP contribution is 2.10. The summed E-state index contributed by atoms with van der Waals surface area (Å²) < 4.78 is 5.07. The third-order valence-electron chi connectivity index (χ3n) is 1.72. The van der Waals surface area contributed by atoms with Gasteiger partial charge in [-0.15, -0.1) is 0 Å². The van der Waals surface area contributed by atoms with Gasteiger partial charge in [-0.25, -0.2) is 9.97 Å². The molecule has 2 heterocycles. The third kappa shape index (κ3) is 2.80. The van der Waals surface area contributed by atoms with Crippen molar-refractivity contribution in [3.63, 3.8) is 0 Å². The zero-order chi connectivity index (χ0) is 11.4. The average molecular weight is 237 g/mol. The zero-order valence-electron chi connectivity index (χ0n) is 8.51. The first-order valence-corrected chi connectivity index (χ1v) is 4.95. The van der Waals surface area contributed by atoms with Crippen LogP contribution in [0.2, 0.25) is 5.15 Å². The maximum absolute atomic E-state index is 5.77. The fourth-order valence-electron chi connectivity index (χ4n) is 1.12. The number of nitrogens with one attached hydrogen (secondary N) is 1. The largest absolute Gasteiger partial charge is 0.463 e. The molecule has 6 heteroatoms. The van der Waals surface area contributed by atoms with E-state index in [4.69, 9.17) is 16.0 Å². The van der Waals surface area contributed by atoms with Gasteiger partial charge in [0.05, 0.1) is 12.5 Å². The SMILES string of the molecule is Cc1nc(Cl)cc(N/N=C\c2ccco2)n1. The summed E-state index contributed by atoms with van der Waals surface area (Å²) >= 11 is 5.77. The van der Waals surface area contributed by atoms with E-state index in [9.17, 15) is 0 Å². The first-order chi connectivity index (χ1) is 7.74. The molecule has 1 N–H and O–H groups in total. The van der Waals surface area contributed by atoms with E-state index >= 15 is 0 Å². The van der Waals surface area contributed by atoms with Crippen LogP contribution in [0.4, 0.5) is 5.82 Å². The first-order valence-electron chi connectivity index (χ1n) is 4.58. The summed E-state index contributed by atoms with van der Waals surface area (Å²) in [7, 11) is 0. The fourth-order valence-corrected chi connectivity index (χ4v) is 1.34. The molecule has 0 aliphatic heterocycles. The van der Waals surface area contributed by atoms with Crippen molar-refractivity contribution in [2.45, 2.75) is 6.92 Å². The van der Waals surface area contributed by atoms with E-state index in [1.807, 2.05) is 0 Å². The van der Waals surface area contributed by atoms with Crippen LogP contribution in [0.5, 0.6) is 0 Å². The van der Waals surface area contributed by atoms with Gasteiger partial charge in [0, 0.05) is 6.07 Å². The van der Waals surface area contributed by atoms with Crippen LogP contribution in [0.1, 0.15) is 11.6 Å². The van der Waals surface area contributed by atoms with Crippen molar-refractivity contribution in [1.82, 2.24) is 9.97 Å². The topological polar surface area (TPSA) is 63.3 Å². The molecular weight excluding hydrogens is 228 g/mol. The van der Waals surface area contributed by atoms with E-state index in [1.165, 1.54) is 0 Å². The zero-order valence-corrected chi connectivity index (χ0v) is 9.27. The van der Waals surface area contributed by atoms with Crippen LogP contribution in [-0.4, -0.2) is 16.2 Å². The first kappa shape index (κ1) is 10.6. The van der Waals surface area contributed by atoms with Crippen molar-refractivity contribution in [2.24, 2.45) is 5.10 Å². The molecule has 0 aliphatic rings. The lowest BCUT2D eigenvalue weighted by Gasteiger charge is -2.00. The number of aromatic nitrogens is 2. The average Bonchev–Trinajstić information content (AvgIpc) is 2.69. The number of nitrogens with zero attached hydrogens (tertiary/aromatic N) is 3. The highest BCUT2D eigenvalue weighted by Gasteiger charge is 1.97. The molecular formula is C10H9ClN4O. The van der Waals surface area contributed by atoms with Gasteiger partial charge in [-0.05, 0) is 19.1 Å². The Morgan fingerprint density at radius 2 is 2.38 bits per heavy atom. The Morgan fingerprint density at radius 3 is 3.06 bits per heavy atom. The maximum Gasteiger partial charge on any atom is 0.151 e. The van der Waals surface area contributed by atoms with E-state index in [0.29, 0.717) is 22.6 Å².